The maximum atomic E-state index is 13.7. The Morgan fingerprint density at radius 1 is 1.12 bits per heavy atom. The predicted molar refractivity (Wildman–Crippen MR) is 137 cm³/mol. The third kappa shape index (κ3) is 4.59. The Morgan fingerprint density at radius 2 is 1.73 bits per heavy atom. The highest BCUT2D eigenvalue weighted by Gasteiger charge is 2.68. The number of nitrogens with zero attached hydrogens (tertiary/aromatic N) is 1. The fourth-order valence-electron chi connectivity index (χ4n) is 5.78. The fourth-order valence-corrected chi connectivity index (χ4v) is 5.78. The number of carbonyl (C=O) groups excluding carboxylic acids is 4. The number of carboxylic acid groups (broad SMARTS) is 1. The molecule has 0 heterocycles. The number of aliphatic hydroxyl groups excluding tert-OH is 3. The van der Waals surface area contributed by atoms with Crippen molar-refractivity contribution in [3.05, 3.63) is 46.2 Å². The number of aliphatic hydroxyl groups is 4. The molecule has 0 unspecified atom stereocenters. The van der Waals surface area contributed by atoms with Gasteiger partial charge >= 0.3 is 5.97 Å². The van der Waals surface area contributed by atoms with Gasteiger partial charge in [-0.2, -0.15) is 0 Å². The van der Waals surface area contributed by atoms with Crippen LogP contribution in [0, 0.1) is 11.8 Å². The number of primary amides is 1. The number of amides is 2. The summed E-state index contributed by atoms with van der Waals surface area (Å²) in [7, 11) is 2.92. The molecule has 14 heteroatoms. The zero-order valence-electron chi connectivity index (χ0n) is 22.1. The molecule has 3 aliphatic rings. The van der Waals surface area contributed by atoms with E-state index >= 15 is 0 Å². The van der Waals surface area contributed by atoms with Gasteiger partial charge in [0.05, 0.1) is 23.6 Å². The number of phenols is 1. The summed E-state index contributed by atoms with van der Waals surface area (Å²) >= 11 is 0. The number of Topliss-reactive ketones (excluding diaryl/α,β-unsaturated/α-hetero) is 2. The topological polar surface area (TPSA) is 248 Å². The van der Waals surface area contributed by atoms with Gasteiger partial charge in [-0.3, -0.25) is 28.9 Å². The minimum absolute atomic E-state index is 0.0245. The first kappa shape index (κ1) is 30.3. The zero-order chi connectivity index (χ0) is 30.4. The van der Waals surface area contributed by atoms with Crippen molar-refractivity contribution in [2.45, 2.75) is 37.5 Å². The molecule has 14 nitrogen and oxygen atoms in total. The number of benzene rings is 1. The van der Waals surface area contributed by atoms with Crippen molar-refractivity contribution in [1.82, 2.24) is 10.2 Å². The number of fused-ring (bicyclic) bond motifs is 3. The molecule has 0 spiro atoms. The van der Waals surface area contributed by atoms with E-state index in [2.05, 4.69) is 5.32 Å². The van der Waals surface area contributed by atoms with Crippen LogP contribution in [-0.4, -0.2) is 103 Å². The molecule has 1 saturated carbocycles. The summed E-state index contributed by atoms with van der Waals surface area (Å²) < 4.78 is 0. The second kappa shape index (κ2) is 10.7. The molecule has 0 aliphatic heterocycles. The third-order valence-corrected chi connectivity index (χ3v) is 7.48. The first-order chi connectivity index (χ1) is 18.5. The summed E-state index contributed by atoms with van der Waals surface area (Å²) in [6.45, 7) is 2.65. The molecular formula is C26H31N3O11. The highest BCUT2D eigenvalue weighted by Crippen LogP contribution is 2.55. The van der Waals surface area contributed by atoms with Crippen molar-refractivity contribution in [3.63, 3.8) is 0 Å². The van der Waals surface area contributed by atoms with E-state index in [1.165, 1.54) is 32.0 Å². The zero-order valence-corrected chi connectivity index (χ0v) is 22.1. The Kier molecular flexibility index (Phi) is 8.11. The van der Waals surface area contributed by atoms with E-state index in [0.29, 0.717) is 5.56 Å². The van der Waals surface area contributed by atoms with Gasteiger partial charge in [-0.25, -0.2) is 0 Å². The number of phenolic OH excluding ortho intramolecular Hbond substituents is 1. The minimum atomic E-state index is -2.89. The van der Waals surface area contributed by atoms with Gasteiger partial charge in [-0.05, 0) is 31.6 Å². The van der Waals surface area contributed by atoms with Gasteiger partial charge < -0.3 is 41.7 Å². The Morgan fingerprint density at radius 3 is 2.20 bits per heavy atom. The number of rotatable bonds is 4. The van der Waals surface area contributed by atoms with E-state index in [4.69, 9.17) is 10.8 Å². The normalized spacial score (nSPS) is 29.1. The summed E-state index contributed by atoms with van der Waals surface area (Å²) in [6.07, 6.45) is -1.59. The Labute approximate surface area is 228 Å². The molecule has 0 radical (unpaired) electrons. The van der Waals surface area contributed by atoms with Crippen LogP contribution in [-0.2, 0) is 24.0 Å². The van der Waals surface area contributed by atoms with Crippen LogP contribution in [0.5, 0.6) is 5.75 Å². The lowest BCUT2D eigenvalue weighted by Gasteiger charge is -2.53. The molecule has 9 N–H and O–H groups in total. The number of aliphatic carboxylic acids is 1. The molecule has 0 aromatic heterocycles. The van der Waals surface area contributed by atoms with E-state index in [1.54, 1.807) is 19.1 Å². The van der Waals surface area contributed by atoms with E-state index in [9.17, 15) is 49.5 Å². The van der Waals surface area contributed by atoms with Crippen LogP contribution in [0.15, 0.2) is 35.1 Å². The smallest absolute Gasteiger partial charge is 0.322 e. The Balaban J connectivity index is 0.000000482. The lowest BCUT2D eigenvalue weighted by molar-refractivity contribution is -0.169. The molecule has 0 bridgehead atoms. The van der Waals surface area contributed by atoms with Gasteiger partial charge in [-0.15, -0.1) is 0 Å². The molecular weight excluding hydrogens is 530 g/mol. The van der Waals surface area contributed by atoms with Crippen molar-refractivity contribution in [2.75, 3.05) is 20.6 Å². The van der Waals surface area contributed by atoms with Gasteiger partial charge in [0, 0.05) is 18.4 Å². The second-order valence-corrected chi connectivity index (χ2v) is 10.1. The molecule has 40 heavy (non-hydrogen) atoms. The average molecular weight is 562 g/mol. The summed E-state index contributed by atoms with van der Waals surface area (Å²) in [5, 5.41) is 64.9. The summed E-state index contributed by atoms with van der Waals surface area (Å²) in [5.74, 6) is -10.2. The fraction of sp³-hybridized carbons (Fsp3) is 0.423. The standard InChI is InChI=1S/C22H24N2O8.C4H7NO3/c1-7-8-5-4-6-9(25)11(8)16(26)12-10(7)17(27)14-15(24(2)3)18(28)13(21(23)31)20(30)22(14,32)19(12)29;1-3(6)5-2-4(7)8/h4-7,10,14-15,17,25-27,30,32H,1-3H3,(H2,23,31);2H2,1H3,(H,5,6)(H,7,8)/t7-,10+,14+,15-,17-,22-;/m0./s1. The molecule has 0 saturated heterocycles. The Bertz CT molecular complexity index is 1350. The minimum Gasteiger partial charge on any atom is -0.508 e. The summed E-state index contributed by atoms with van der Waals surface area (Å²) in [6, 6.07) is 3.13. The quantitative estimate of drug-likeness (QED) is 0.200. The van der Waals surface area contributed by atoms with Gasteiger partial charge in [-0.1, -0.05) is 19.1 Å². The number of nitrogens with one attached hydrogen (secondary N) is 1. The lowest BCUT2D eigenvalue weighted by Crippen LogP contribution is -2.70. The molecule has 3 aliphatic carbocycles. The van der Waals surface area contributed by atoms with Crippen LogP contribution in [0.1, 0.15) is 30.9 Å². The van der Waals surface area contributed by atoms with Crippen LogP contribution in [0.3, 0.4) is 0 Å². The van der Waals surface area contributed by atoms with Crippen LogP contribution in [0.2, 0.25) is 0 Å². The maximum Gasteiger partial charge on any atom is 0.322 e. The highest BCUT2D eigenvalue weighted by molar-refractivity contribution is 6.24. The predicted octanol–water partition coefficient (Wildman–Crippen LogP) is -1.30. The lowest BCUT2D eigenvalue weighted by atomic mass is 9.54. The van der Waals surface area contributed by atoms with Crippen molar-refractivity contribution in [3.8, 4) is 5.75 Å². The number of nitrogens with two attached hydrogens (primary N) is 1. The highest BCUT2D eigenvalue weighted by atomic mass is 16.4. The van der Waals surface area contributed by atoms with Crippen molar-refractivity contribution in [1.29, 1.82) is 0 Å². The Hall–Kier alpha value is -4.27. The molecule has 1 fully saturated rings. The number of hydrogen-bond acceptors (Lipinski definition) is 11. The van der Waals surface area contributed by atoms with E-state index < -0.39 is 81.6 Å². The number of hydrogen-bond donors (Lipinski definition) is 8. The van der Waals surface area contributed by atoms with E-state index in [-0.39, 0.29) is 23.8 Å². The van der Waals surface area contributed by atoms with Crippen molar-refractivity contribution >= 4 is 35.1 Å². The molecule has 1 aromatic rings. The maximum absolute atomic E-state index is 13.7. The largest absolute Gasteiger partial charge is 0.508 e. The van der Waals surface area contributed by atoms with Gasteiger partial charge in [0.2, 0.25) is 11.7 Å². The van der Waals surface area contributed by atoms with Crippen molar-refractivity contribution < 1.29 is 54.6 Å². The number of ketones is 2. The first-order valence-electron chi connectivity index (χ1n) is 12.1. The van der Waals surface area contributed by atoms with Crippen molar-refractivity contribution in [2.24, 2.45) is 17.6 Å². The monoisotopic (exact) mass is 561 g/mol. The van der Waals surface area contributed by atoms with E-state index in [1.807, 2.05) is 0 Å². The first-order valence-corrected chi connectivity index (χ1v) is 12.1. The van der Waals surface area contributed by atoms with E-state index in [0.717, 1.165) is 0 Å². The molecule has 1 aromatic carbocycles. The van der Waals surface area contributed by atoms with Gasteiger partial charge in [0.1, 0.15) is 29.4 Å². The molecule has 4 rings (SSSR count). The average Bonchev–Trinajstić information content (AvgIpc) is 2.85. The van der Waals surface area contributed by atoms with Crippen LogP contribution >= 0.6 is 0 Å². The molecule has 2 amide bonds. The molecule has 216 valence electrons. The summed E-state index contributed by atoms with van der Waals surface area (Å²) in [4.78, 5) is 59.6. The van der Waals surface area contributed by atoms with Gasteiger partial charge in [0.15, 0.2) is 11.4 Å². The van der Waals surface area contributed by atoms with Gasteiger partial charge in [0.25, 0.3) is 5.91 Å². The third-order valence-electron chi connectivity index (χ3n) is 7.48. The molecule has 6 atom stereocenters. The van der Waals surface area contributed by atoms with Crippen LogP contribution in [0.25, 0.3) is 5.76 Å². The SMILES string of the molecule is CC(=O)NCC(=O)O.C[C@H]1c2cccc(O)c2C(O)=C2C(=O)[C@]3(O)C(O)=C(C(N)=O)C(=O)[C@@H](N(C)C)[C@@H]3[C@@H](O)[C@@H]21. The number of carbonyl (C=O) groups is 5. The summed E-state index contributed by atoms with van der Waals surface area (Å²) in [5.41, 5.74) is 1.47. The number of aromatic hydroxyl groups is 1. The van der Waals surface area contributed by atoms with Crippen LogP contribution in [0.4, 0.5) is 0 Å². The number of carboxylic acids is 1. The van der Waals surface area contributed by atoms with Crippen LogP contribution < -0.4 is 11.1 Å². The number of likely N-dealkylation sites (N-methyl/N-ethyl adjacent to an activating group) is 1. The second-order valence-electron chi connectivity index (χ2n) is 10.1.